The fourth-order valence-corrected chi connectivity index (χ4v) is 5.99. The molecule has 32 heavy (non-hydrogen) atoms. The molecular weight excluding hydrogens is 446 g/mol. The molecule has 1 aromatic carbocycles. The van der Waals surface area contributed by atoms with Gasteiger partial charge in [-0.3, -0.25) is 14.2 Å². The largest absolute Gasteiger partial charge is 0.494 e. The number of carbonyl (C=O) groups is 1. The van der Waals surface area contributed by atoms with Crippen molar-refractivity contribution in [2.75, 3.05) is 31.4 Å². The minimum atomic E-state index is -0.148. The van der Waals surface area contributed by atoms with Gasteiger partial charge in [0.1, 0.15) is 10.6 Å². The minimum absolute atomic E-state index is 0.0000702. The van der Waals surface area contributed by atoms with Gasteiger partial charge in [-0.2, -0.15) is 0 Å². The van der Waals surface area contributed by atoms with Gasteiger partial charge in [-0.15, -0.1) is 11.3 Å². The molecule has 4 rings (SSSR count). The Kier molecular flexibility index (Phi) is 7.49. The molecule has 0 saturated heterocycles. The molecule has 1 N–H and O–H groups in total. The van der Waals surface area contributed by atoms with E-state index in [0.29, 0.717) is 37.0 Å². The summed E-state index contributed by atoms with van der Waals surface area (Å²) in [6, 6.07) is 7.27. The van der Waals surface area contributed by atoms with Crippen LogP contribution in [0.3, 0.4) is 0 Å². The van der Waals surface area contributed by atoms with Gasteiger partial charge in [0.15, 0.2) is 5.16 Å². The number of amides is 1. The normalized spacial score (nSPS) is 12.8. The van der Waals surface area contributed by atoms with Crippen LogP contribution in [0.15, 0.2) is 34.2 Å². The molecule has 0 unspecified atom stereocenters. The first-order valence-corrected chi connectivity index (χ1v) is 12.6. The lowest BCUT2D eigenvalue weighted by Gasteiger charge is -2.12. The maximum atomic E-state index is 13.3. The SMILES string of the molecule is CCOc1ccc(NC(=O)CSc2nc3sc4c(c3c(=O)n2CCCOC)CCC4)cc1. The van der Waals surface area contributed by atoms with Gasteiger partial charge < -0.3 is 14.8 Å². The third-order valence-corrected chi connectivity index (χ3v) is 7.46. The Labute approximate surface area is 195 Å². The Morgan fingerprint density at radius 3 is 2.84 bits per heavy atom. The number of nitrogens with zero attached hydrogens (tertiary/aromatic N) is 2. The molecule has 2 aromatic heterocycles. The van der Waals surface area contributed by atoms with Crippen LogP contribution < -0.4 is 15.6 Å². The van der Waals surface area contributed by atoms with Gasteiger partial charge in [-0.25, -0.2) is 4.98 Å². The van der Waals surface area contributed by atoms with Gasteiger partial charge in [-0.05, 0) is 62.4 Å². The molecule has 0 bridgehead atoms. The van der Waals surface area contributed by atoms with Crippen molar-refractivity contribution in [3.05, 3.63) is 45.1 Å². The lowest BCUT2D eigenvalue weighted by molar-refractivity contribution is -0.113. The number of fused-ring (bicyclic) bond motifs is 3. The standard InChI is InChI=1S/C23H27N3O4S2/c1-3-30-16-10-8-15(9-11-16)24-19(27)14-31-23-25-21-20(17-6-4-7-18(17)32-21)22(28)26(23)12-5-13-29-2/h8-11H,3-7,12-14H2,1-2H3,(H,24,27). The zero-order valence-corrected chi connectivity index (χ0v) is 19.9. The molecule has 170 valence electrons. The summed E-state index contributed by atoms with van der Waals surface area (Å²) >= 11 is 2.91. The molecule has 2 heterocycles. The number of nitrogens with one attached hydrogen (secondary N) is 1. The predicted molar refractivity (Wildman–Crippen MR) is 129 cm³/mol. The third kappa shape index (κ3) is 5.00. The van der Waals surface area contributed by atoms with Crippen molar-refractivity contribution >= 4 is 44.9 Å². The number of carbonyl (C=O) groups excluding carboxylic acids is 1. The molecule has 3 aromatic rings. The van der Waals surface area contributed by atoms with Crippen LogP contribution in [-0.4, -0.2) is 41.5 Å². The average Bonchev–Trinajstić information content (AvgIpc) is 3.36. The Bertz CT molecular complexity index is 1150. The molecule has 0 saturated carbocycles. The number of aryl methyl sites for hydroxylation is 2. The summed E-state index contributed by atoms with van der Waals surface area (Å²) in [5, 5.41) is 4.24. The van der Waals surface area contributed by atoms with Crippen LogP contribution in [0.2, 0.25) is 0 Å². The van der Waals surface area contributed by atoms with E-state index < -0.39 is 0 Å². The van der Waals surface area contributed by atoms with E-state index in [4.69, 9.17) is 14.5 Å². The first-order chi connectivity index (χ1) is 15.6. The molecule has 1 aliphatic rings. The summed E-state index contributed by atoms with van der Waals surface area (Å²) in [6.07, 6.45) is 3.78. The highest BCUT2D eigenvalue weighted by Crippen LogP contribution is 2.35. The van der Waals surface area contributed by atoms with Crippen LogP contribution >= 0.6 is 23.1 Å². The Morgan fingerprint density at radius 2 is 2.09 bits per heavy atom. The summed E-state index contributed by atoms with van der Waals surface area (Å²) in [5.41, 5.74) is 1.88. The zero-order valence-electron chi connectivity index (χ0n) is 18.3. The van der Waals surface area contributed by atoms with Gasteiger partial charge in [0.05, 0.1) is 17.7 Å². The van der Waals surface area contributed by atoms with E-state index in [9.17, 15) is 9.59 Å². The van der Waals surface area contributed by atoms with Crippen molar-refractivity contribution in [2.45, 2.75) is 44.3 Å². The summed E-state index contributed by atoms with van der Waals surface area (Å²) in [5.74, 6) is 0.784. The average molecular weight is 474 g/mol. The van der Waals surface area contributed by atoms with E-state index in [1.165, 1.54) is 22.2 Å². The topological polar surface area (TPSA) is 82.5 Å². The number of rotatable bonds is 10. The number of ether oxygens (including phenoxy) is 2. The number of aromatic nitrogens is 2. The van der Waals surface area contributed by atoms with Crippen molar-refractivity contribution in [1.82, 2.24) is 9.55 Å². The fourth-order valence-electron chi connectivity index (χ4n) is 3.86. The van der Waals surface area contributed by atoms with Crippen molar-refractivity contribution in [3.8, 4) is 5.75 Å². The highest BCUT2D eigenvalue weighted by molar-refractivity contribution is 7.99. The van der Waals surface area contributed by atoms with Gasteiger partial charge in [0.25, 0.3) is 5.56 Å². The minimum Gasteiger partial charge on any atom is -0.494 e. The lowest BCUT2D eigenvalue weighted by Crippen LogP contribution is -2.25. The summed E-state index contributed by atoms with van der Waals surface area (Å²) < 4.78 is 12.3. The molecule has 0 aliphatic heterocycles. The summed E-state index contributed by atoms with van der Waals surface area (Å²) in [7, 11) is 1.65. The van der Waals surface area contributed by atoms with Crippen molar-refractivity contribution < 1.29 is 14.3 Å². The maximum Gasteiger partial charge on any atom is 0.263 e. The number of thioether (sulfide) groups is 1. The molecule has 0 atom stereocenters. The molecule has 9 heteroatoms. The van der Waals surface area contributed by atoms with E-state index in [2.05, 4.69) is 5.32 Å². The van der Waals surface area contributed by atoms with Gasteiger partial charge in [-0.1, -0.05) is 11.8 Å². The molecule has 1 amide bonds. The second-order valence-electron chi connectivity index (χ2n) is 7.53. The van der Waals surface area contributed by atoms with Crippen LogP contribution in [-0.2, 0) is 28.9 Å². The van der Waals surface area contributed by atoms with E-state index in [0.717, 1.165) is 35.2 Å². The zero-order chi connectivity index (χ0) is 22.5. The Hall–Kier alpha value is -2.36. The number of hydrogen-bond donors (Lipinski definition) is 1. The number of hydrogen-bond acceptors (Lipinski definition) is 7. The molecule has 0 fully saturated rings. The monoisotopic (exact) mass is 473 g/mol. The van der Waals surface area contributed by atoms with Crippen LogP contribution in [0.25, 0.3) is 10.2 Å². The first-order valence-electron chi connectivity index (χ1n) is 10.8. The van der Waals surface area contributed by atoms with E-state index in [-0.39, 0.29) is 17.2 Å². The number of benzene rings is 1. The first kappa shape index (κ1) is 22.8. The summed E-state index contributed by atoms with van der Waals surface area (Å²) in [4.78, 5) is 32.7. The maximum absolute atomic E-state index is 13.3. The predicted octanol–water partition coefficient (Wildman–Crippen LogP) is 4.11. The van der Waals surface area contributed by atoms with Crippen LogP contribution in [0.5, 0.6) is 5.75 Å². The van der Waals surface area contributed by atoms with Gasteiger partial charge in [0.2, 0.25) is 5.91 Å². The number of thiophene rings is 1. The van der Waals surface area contributed by atoms with E-state index in [1.54, 1.807) is 23.0 Å². The molecule has 7 nitrogen and oxygen atoms in total. The second-order valence-corrected chi connectivity index (χ2v) is 9.56. The number of methoxy groups -OCH3 is 1. The van der Waals surface area contributed by atoms with Gasteiger partial charge in [0, 0.05) is 30.8 Å². The third-order valence-electron chi connectivity index (χ3n) is 5.30. The number of anilines is 1. The van der Waals surface area contributed by atoms with Gasteiger partial charge >= 0.3 is 0 Å². The van der Waals surface area contributed by atoms with Crippen molar-refractivity contribution in [1.29, 1.82) is 0 Å². The lowest BCUT2D eigenvalue weighted by atomic mass is 10.2. The quantitative estimate of drug-likeness (QED) is 0.271. The smallest absolute Gasteiger partial charge is 0.263 e. The molecule has 0 spiro atoms. The molecule has 1 aliphatic carbocycles. The Balaban J connectivity index is 1.51. The molecular formula is C23H27N3O4S2. The van der Waals surface area contributed by atoms with Crippen LogP contribution in [0.1, 0.15) is 30.2 Å². The van der Waals surface area contributed by atoms with E-state index >= 15 is 0 Å². The summed E-state index contributed by atoms with van der Waals surface area (Å²) in [6.45, 7) is 3.60. The molecule has 0 radical (unpaired) electrons. The highest BCUT2D eigenvalue weighted by Gasteiger charge is 2.23. The van der Waals surface area contributed by atoms with Crippen molar-refractivity contribution in [3.63, 3.8) is 0 Å². The Morgan fingerprint density at radius 1 is 1.28 bits per heavy atom. The van der Waals surface area contributed by atoms with Crippen molar-refractivity contribution in [2.24, 2.45) is 0 Å². The highest BCUT2D eigenvalue weighted by atomic mass is 32.2. The fraction of sp³-hybridized carbons (Fsp3) is 0.435. The van der Waals surface area contributed by atoms with E-state index in [1.807, 2.05) is 31.2 Å². The second kappa shape index (κ2) is 10.5. The van der Waals surface area contributed by atoms with Crippen LogP contribution in [0, 0.1) is 0 Å². The van der Waals surface area contributed by atoms with Crippen LogP contribution in [0.4, 0.5) is 5.69 Å².